The van der Waals surface area contributed by atoms with Crippen LogP contribution in [0.4, 0.5) is 0 Å². The Morgan fingerprint density at radius 3 is 1.35 bits per heavy atom. The average Bonchev–Trinajstić information content (AvgIpc) is 3.23. The maximum absolute atomic E-state index is 12.8. The van der Waals surface area contributed by atoms with Crippen molar-refractivity contribution in [1.82, 2.24) is 0 Å². The first kappa shape index (κ1) is 58.5. The van der Waals surface area contributed by atoms with E-state index in [1.54, 1.807) is 0 Å². The van der Waals surface area contributed by atoms with E-state index >= 15 is 0 Å². The van der Waals surface area contributed by atoms with Crippen molar-refractivity contribution in [2.45, 2.75) is 199 Å². The minimum Gasteiger partial charge on any atom is -0.477 e. The number of quaternary nitrogens is 1. The van der Waals surface area contributed by atoms with E-state index in [9.17, 15) is 19.5 Å². The lowest BCUT2D eigenvalue weighted by atomic mass is 10.1. The first-order valence-electron chi connectivity index (χ1n) is 24.6. The van der Waals surface area contributed by atoms with E-state index in [1.807, 2.05) is 21.1 Å². The third-order valence-electron chi connectivity index (χ3n) is 10.5. The van der Waals surface area contributed by atoms with E-state index in [2.05, 4.69) is 98.9 Å². The van der Waals surface area contributed by atoms with Crippen LogP contribution >= 0.6 is 0 Å². The molecule has 0 rings (SSSR count). The molecule has 354 valence electrons. The molecule has 0 saturated carbocycles. The van der Waals surface area contributed by atoms with Gasteiger partial charge in [-0.25, -0.2) is 4.79 Å². The van der Waals surface area contributed by atoms with Gasteiger partial charge in [0.2, 0.25) is 0 Å². The van der Waals surface area contributed by atoms with E-state index in [0.717, 1.165) is 89.9 Å². The number of carboxylic acids is 1. The summed E-state index contributed by atoms with van der Waals surface area (Å²) in [5.74, 6) is -1.51. The maximum atomic E-state index is 12.8. The predicted octanol–water partition coefficient (Wildman–Crippen LogP) is 14.1. The number of carboxylic acid groups (broad SMARTS) is 1. The SMILES string of the molecule is CC/C=C/C/C=C/C/C=C/C/C=C/C/C=C/C/C=C/CCCCCCC(=O)OCC(COCCC(C(=O)O)[N+](C)(C)C)OC(=O)CCCCCCCCC/C=C/CCCCCC. The van der Waals surface area contributed by atoms with E-state index in [-0.39, 0.29) is 36.2 Å². The summed E-state index contributed by atoms with van der Waals surface area (Å²) in [7, 11) is 5.52. The molecule has 0 heterocycles. The molecular weight excluding hydrogens is 775 g/mol. The molecule has 0 radical (unpaired) electrons. The van der Waals surface area contributed by atoms with E-state index in [0.29, 0.717) is 19.3 Å². The topological polar surface area (TPSA) is 99.1 Å². The van der Waals surface area contributed by atoms with Gasteiger partial charge in [-0.05, 0) is 89.9 Å². The highest BCUT2D eigenvalue weighted by Gasteiger charge is 2.31. The molecule has 0 spiro atoms. The second kappa shape index (κ2) is 44.1. The minimum atomic E-state index is -0.882. The van der Waals surface area contributed by atoms with Gasteiger partial charge in [-0.2, -0.15) is 0 Å². The van der Waals surface area contributed by atoms with Crippen molar-refractivity contribution in [2.75, 3.05) is 41.0 Å². The zero-order valence-corrected chi connectivity index (χ0v) is 40.3. The Balaban J connectivity index is 4.34. The van der Waals surface area contributed by atoms with Gasteiger partial charge in [0.05, 0.1) is 34.4 Å². The number of allylic oxidation sites excluding steroid dienone is 14. The first-order valence-corrected chi connectivity index (χ1v) is 24.6. The van der Waals surface area contributed by atoms with Crippen molar-refractivity contribution >= 4 is 17.9 Å². The summed E-state index contributed by atoms with van der Waals surface area (Å²) < 4.78 is 17.3. The summed E-state index contributed by atoms with van der Waals surface area (Å²) in [6.07, 6.45) is 57.7. The van der Waals surface area contributed by atoms with Gasteiger partial charge in [-0.1, -0.05) is 163 Å². The third kappa shape index (κ3) is 41.8. The van der Waals surface area contributed by atoms with Crippen molar-refractivity contribution in [3.63, 3.8) is 0 Å². The molecule has 0 bridgehead atoms. The molecule has 0 fully saturated rings. The number of rotatable bonds is 43. The maximum Gasteiger partial charge on any atom is 0.362 e. The highest BCUT2D eigenvalue weighted by molar-refractivity contribution is 5.72. The molecule has 0 aliphatic heterocycles. The first-order chi connectivity index (χ1) is 30.1. The number of carbonyl (C=O) groups is 3. The Bertz CT molecular complexity index is 1290. The Labute approximate surface area is 380 Å². The van der Waals surface area contributed by atoms with Crippen LogP contribution < -0.4 is 0 Å². The van der Waals surface area contributed by atoms with Gasteiger partial charge >= 0.3 is 17.9 Å². The van der Waals surface area contributed by atoms with Crippen molar-refractivity contribution in [3.8, 4) is 0 Å². The number of nitrogens with zero attached hydrogens (tertiary/aromatic N) is 1. The second-order valence-corrected chi connectivity index (χ2v) is 17.3. The predicted molar refractivity (Wildman–Crippen MR) is 261 cm³/mol. The lowest BCUT2D eigenvalue weighted by Gasteiger charge is -2.31. The molecule has 0 aromatic heterocycles. The number of unbranched alkanes of at least 4 members (excludes halogenated alkanes) is 15. The van der Waals surface area contributed by atoms with Crippen LogP contribution in [0.3, 0.4) is 0 Å². The van der Waals surface area contributed by atoms with Crippen LogP contribution in [0.25, 0.3) is 0 Å². The average molecular weight is 867 g/mol. The fourth-order valence-electron chi connectivity index (χ4n) is 6.74. The molecule has 2 unspecified atom stereocenters. The normalized spacial score (nSPS) is 13.6. The number of hydrogen-bond acceptors (Lipinski definition) is 6. The van der Waals surface area contributed by atoms with Crippen molar-refractivity contribution in [2.24, 2.45) is 0 Å². The number of aliphatic carboxylic acids is 1. The molecular formula is C54H92NO7+. The molecule has 0 aromatic rings. The quantitative estimate of drug-likeness (QED) is 0.0282. The zero-order valence-electron chi connectivity index (χ0n) is 40.3. The van der Waals surface area contributed by atoms with Crippen LogP contribution in [0.2, 0.25) is 0 Å². The van der Waals surface area contributed by atoms with Crippen LogP contribution in [0.1, 0.15) is 187 Å². The summed E-state index contributed by atoms with van der Waals surface area (Å²) in [6.45, 7) is 4.57. The van der Waals surface area contributed by atoms with Crippen LogP contribution in [-0.4, -0.2) is 80.6 Å². The van der Waals surface area contributed by atoms with Gasteiger partial charge < -0.3 is 23.8 Å². The largest absolute Gasteiger partial charge is 0.477 e. The fraction of sp³-hybridized carbons (Fsp3) is 0.685. The number of hydrogen-bond donors (Lipinski definition) is 1. The summed E-state index contributed by atoms with van der Waals surface area (Å²) in [5.41, 5.74) is 0. The Kier molecular flexibility index (Phi) is 41.6. The Morgan fingerprint density at radius 2 is 0.903 bits per heavy atom. The van der Waals surface area contributed by atoms with Crippen molar-refractivity contribution < 1.29 is 38.2 Å². The number of esters is 2. The molecule has 8 nitrogen and oxygen atoms in total. The Hall–Kier alpha value is -3.49. The minimum absolute atomic E-state index is 0.0468. The highest BCUT2D eigenvalue weighted by Crippen LogP contribution is 2.14. The van der Waals surface area contributed by atoms with Crippen LogP contribution in [-0.2, 0) is 28.6 Å². The summed E-state index contributed by atoms with van der Waals surface area (Å²) >= 11 is 0. The third-order valence-corrected chi connectivity index (χ3v) is 10.5. The van der Waals surface area contributed by atoms with Gasteiger partial charge in [0.15, 0.2) is 12.1 Å². The molecule has 0 amide bonds. The number of likely N-dealkylation sites (N-methyl/N-ethyl adjacent to an activating group) is 1. The molecule has 62 heavy (non-hydrogen) atoms. The standard InChI is InChI=1S/C54H91NO7/c1-6-8-10-12-14-16-18-20-22-23-24-25-26-27-28-29-31-32-34-36-38-40-42-44-52(56)61-49-50(48-60-47-46-51(54(58)59)55(3,4)5)62-53(57)45-43-41-39-37-35-33-30-21-19-17-15-13-11-9-7-2/h8,10,14,16-17,19-20,22,24-25,27-28,31-32,50-51H,6-7,9,11-13,15,18,21,23,26,29-30,33-49H2,1-5H3/p+1/b10-8+,16-14+,19-17+,22-20+,25-24+,28-27+,32-31+. The van der Waals surface area contributed by atoms with Crippen LogP contribution in [0.15, 0.2) is 85.1 Å². The molecule has 0 aliphatic rings. The molecule has 0 aliphatic carbocycles. The number of ether oxygens (including phenoxy) is 3. The summed E-state index contributed by atoms with van der Waals surface area (Å²) in [4.78, 5) is 37.1. The van der Waals surface area contributed by atoms with Crippen LogP contribution in [0, 0.1) is 0 Å². The van der Waals surface area contributed by atoms with Crippen molar-refractivity contribution in [1.29, 1.82) is 0 Å². The fourth-order valence-corrected chi connectivity index (χ4v) is 6.74. The zero-order chi connectivity index (χ0) is 45.6. The molecule has 1 N–H and O–H groups in total. The molecule has 0 saturated heterocycles. The summed E-state index contributed by atoms with van der Waals surface area (Å²) in [6, 6.07) is -0.624. The molecule has 8 heteroatoms. The van der Waals surface area contributed by atoms with Gasteiger partial charge in [0, 0.05) is 19.3 Å². The highest BCUT2D eigenvalue weighted by atomic mass is 16.6. The lowest BCUT2D eigenvalue weighted by molar-refractivity contribution is -0.887. The van der Waals surface area contributed by atoms with Crippen LogP contribution in [0.5, 0.6) is 0 Å². The van der Waals surface area contributed by atoms with Gasteiger partial charge in [-0.3, -0.25) is 9.59 Å². The van der Waals surface area contributed by atoms with E-state index < -0.39 is 18.1 Å². The van der Waals surface area contributed by atoms with E-state index in [1.165, 1.54) is 64.2 Å². The van der Waals surface area contributed by atoms with Gasteiger partial charge in [-0.15, -0.1) is 0 Å². The number of carbonyl (C=O) groups excluding carboxylic acids is 2. The monoisotopic (exact) mass is 867 g/mol. The molecule has 2 atom stereocenters. The van der Waals surface area contributed by atoms with Gasteiger partial charge in [0.25, 0.3) is 0 Å². The van der Waals surface area contributed by atoms with E-state index in [4.69, 9.17) is 14.2 Å². The van der Waals surface area contributed by atoms with Crippen molar-refractivity contribution in [3.05, 3.63) is 85.1 Å². The summed E-state index contributed by atoms with van der Waals surface area (Å²) in [5, 5.41) is 9.64. The lowest BCUT2D eigenvalue weighted by Crippen LogP contribution is -2.50. The molecule has 0 aromatic carbocycles. The van der Waals surface area contributed by atoms with Gasteiger partial charge in [0.1, 0.15) is 6.61 Å². The smallest absolute Gasteiger partial charge is 0.362 e. The second-order valence-electron chi connectivity index (χ2n) is 17.3. The Morgan fingerprint density at radius 1 is 0.500 bits per heavy atom.